The second kappa shape index (κ2) is 6.63. The molecule has 25 heavy (non-hydrogen) atoms. The van der Waals surface area contributed by atoms with E-state index in [4.69, 9.17) is 5.73 Å². The fourth-order valence-electron chi connectivity index (χ4n) is 4.30. The highest BCUT2D eigenvalue weighted by molar-refractivity contribution is 5.82. The lowest BCUT2D eigenvalue weighted by Gasteiger charge is -2.33. The average Bonchev–Trinajstić information content (AvgIpc) is 3.30. The number of fused-ring (bicyclic) bond motifs is 1. The first-order valence-electron chi connectivity index (χ1n) is 9.20. The molecule has 2 fully saturated rings. The Morgan fingerprint density at radius 3 is 2.52 bits per heavy atom. The van der Waals surface area contributed by atoms with Gasteiger partial charge in [0.25, 0.3) is 0 Å². The van der Waals surface area contributed by atoms with Crippen molar-refractivity contribution >= 4 is 16.9 Å². The number of rotatable bonds is 3. The summed E-state index contributed by atoms with van der Waals surface area (Å²) in [6, 6.07) is -0.180. The third kappa shape index (κ3) is 2.97. The molecule has 7 nitrogen and oxygen atoms in total. The lowest BCUT2D eigenvalue weighted by Crippen LogP contribution is -2.47. The highest BCUT2D eigenvalue weighted by atomic mass is 16.3. The van der Waals surface area contributed by atoms with Crippen LogP contribution in [0, 0.1) is 5.92 Å². The van der Waals surface area contributed by atoms with Gasteiger partial charge in [-0.3, -0.25) is 9.78 Å². The zero-order valence-corrected chi connectivity index (χ0v) is 14.3. The molecule has 2 aliphatic rings. The second-order valence-corrected chi connectivity index (χ2v) is 7.28. The van der Waals surface area contributed by atoms with Gasteiger partial charge in [0.1, 0.15) is 5.52 Å². The number of hydrogen-bond donors (Lipinski definition) is 2. The van der Waals surface area contributed by atoms with Gasteiger partial charge in [-0.15, -0.1) is 0 Å². The summed E-state index contributed by atoms with van der Waals surface area (Å²) in [6.45, 7) is 1.71. The third-order valence-corrected chi connectivity index (χ3v) is 5.79. The Hall–Kier alpha value is -2.15. The van der Waals surface area contributed by atoms with E-state index < -0.39 is 0 Å². The van der Waals surface area contributed by atoms with E-state index in [-0.39, 0.29) is 29.8 Å². The van der Waals surface area contributed by atoms with Crippen molar-refractivity contribution in [2.75, 3.05) is 13.1 Å². The number of hydrogen-bond acceptors (Lipinski definition) is 5. The van der Waals surface area contributed by atoms with Gasteiger partial charge in [0.2, 0.25) is 11.8 Å². The van der Waals surface area contributed by atoms with Gasteiger partial charge in [-0.25, -0.2) is 4.98 Å². The number of aromatic nitrogens is 3. The van der Waals surface area contributed by atoms with E-state index >= 15 is 0 Å². The van der Waals surface area contributed by atoms with Gasteiger partial charge in [0, 0.05) is 37.7 Å². The van der Waals surface area contributed by atoms with Gasteiger partial charge >= 0.3 is 0 Å². The summed E-state index contributed by atoms with van der Waals surface area (Å²) < 4.78 is 1.88. The molecule has 3 N–H and O–H groups in total. The number of carbonyl (C=O) groups excluding carboxylic acids is 1. The van der Waals surface area contributed by atoms with Crippen LogP contribution in [0.1, 0.15) is 44.6 Å². The van der Waals surface area contributed by atoms with Gasteiger partial charge < -0.3 is 20.3 Å². The summed E-state index contributed by atoms with van der Waals surface area (Å²) in [4.78, 5) is 22.9. The summed E-state index contributed by atoms with van der Waals surface area (Å²) in [6.07, 6.45) is 10.9. The maximum atomic E-state index is 12.5. The molecule has 1 saturated carbocycles. The second-order valence-electron chi connectivity index (χ2n) is 7.28. The Labute approximate surface area is 146 Å². The molecular weight excluding hydrogens is 318 g/mol. The summed E-state index contributed by atoms with van der Waals surface area (Å²) in [5.74, 6) is 0.528. The molecule has 1 atom stereocenters. The molecule has 1 aliphatic heterocycles. The quantitative estimate of drug-likeness (QED) is 0.886. The fraction of sp³-hybridized carbons (Fsp3) is 0.611. The zero-order valence-electron chi connectivity index (χ0n) is 14.3. The summed E-state index contributed by atoms with van der Waals surface area (Å²) in [5, 5.41) is 10.4. The van der Waals surface area contributed by atoms with Crippen molar-refractivity contribution in [3.05, 3.63) is 18.6 Å². The van der Waals surface area contributed by atoms with Crippen molar-refractivity contribution in [3.8, 4) is 5.88 Å². The van der Waals surface area contributed by atoms with E-state index in [1.807, 2.05) is 15.7 Å². The first-order chi connectivity index (χ1) is 12.1. The molecule has 2 aromatic heterocycles. The lowest BCUT2D eigenvalue weighted by atomic mass is 9.81. The van der Waals surface area contributed by atoms with E-state index in [1.165, 1.54) is 0 Å². The molecular formula is C18H25N5O2. The topological polar surface area (TPSA) is 97.3 Å². The number of carbonyl (C=O) groups is 1. The van der Waals surface area contributed by atoms with Crippen molar-refractivity contribution < 1.29 is 9.90 Å². The van der Waals surface area contributed by atoms with Gasteiger partial charge in [0.15, 0.2) is 5.52 Å². The Balaban J connectivity index is 1.42. The number of nitrogens with two attached hydrogens (primary N) is 1. The van der Waals surface area contributed by atoms with Crippen molar-refractivity contribution in [1.82, 2.24) is 19.4 Å². The molecule has 134 valence electrons. The highest BCUT2D eigenvalue weighted by Gasteiger charge is 2.33. The summed E-state index contributed by atoms with van der Waals surface area (Å²) in [5.41, 5.74) is 7.54. The minimum Gasteiger partial charge on any atom is -0.493 e. The molecule has 1 amide bonds. The van der Waals surface area contributed by atoms with Crippen LogP contribution in [0.4, 0.5) is 0 Å². The first-order valence-corrected chi connectivity index (χ1v) is 9.20. The smallest absolute Gasteiger partial charge is 0.239 e. The van der Waals surface area contributed by atoms with Crippen LogP contribution in [0.5, 0.6) is 5.88 Å². The van der Waals surface area contributed by atoms with Crippen molar-refractivity contribution in [2.24, 2.45) is 11.7 Å². The fourth-order valence-corrected chi connectivity index (χ4v) is 4.30. The minimum atomic E-state index is -0.389. The summed E-state index contributed by atoms with van der Waals surface area (Å²) in [7, 11) is 0. The van der Waals surface area contributed by atoms with Gasteiger partial charge in [-0.1, -0.05) is 0 Å². The van der Waals surface area contributed by atoms with E-state index in [2.05, 4.69) is 9.97 Å². The van der Waals surface area contributed by atoms with E-state index in [1.54, 1.807) is 12.4 Å². The molecule has 0 aromatic carbocycles. The van der Waals surface area contributed by atoms with E-state index in [0.717, 1.165) is 51.6 Å². The lowest BCUT2D eigenvalue weighted by molar-refractivity contribution is -0.133. The maximum Gasteiger partial charge on any atom is 0.239 e. The maximum absolute atomic E-state index is 12.5. The first kappa shape index (κ1) is 16.3. The standard InChI is InChI=1S/C18H25N5O2/c19-15(17(24)22-9-1-2-10-22)12-3-5-13(6-4-12)23-11-14-16(18(23)25)21-8-7-20-14/h7-8,11-13,15,25H,1-6,9-10,19H2/t12?,13?,15-/m0/s1. The van der Waals surface area contributed by atoms with Crippen LogP contribution in [-0.4, -0.2) is 49.6 Å². The number of amides is 1. The molecule has 0 radical (unpaired) electrons. The van der Waals surface area contributed by atoms with Crippen molar-refractivity contribution in [1.29, 1.82) is 0 Å². The van der Waals surface area contributed by atoms with Gasteiger partial charge in [-0.2, -0.15) is 0 Å². The molecule has 2 aromatic rings. The number of nitrogens with zero attached hydrogens (tertiary/aromatic N) is 4. The number of likely N-dealkylation sites (tertiary alicyclic amines) is 1. The molecule has 0 spiro atoms. The Kier molecular flexibility index (Phi) is 4.33. The van der Waals surface area contributed by atoms with Crippen LogP contribution in [0.3, 0.4) is 0 Å². The molecule has 1 aliphatic carbocycles. The normalized spacial score (nSPS) is 25.4. The molecule has 0 unspecified atom stereocenters. The summed E-state index contributed by atoms with van der Waals surface area (Å²) >= 11 is 0. The minimum absolute atomic E-state index is 0.115. The Morgan fingerprint density at radius 1 is 1.16 bits per heavy atom. The van der Waals surface area contributed by atoms with Gasteiger partial charge in [0.05, 0.1) is 6.04 Å². The Bertz CT molecular complexity index is 760. The van der Waals surface area contributed by atoms with Crippen LogP contribution in [-0.2, 0) is 4.79 Å². The average molecular weight is 343 g/mol. The molecule has 7 heteroatoms. The van der Waals surface area contributed by atoms with E-state index in [9.17, 15) is 9.90 Å². The predicted molar refractivity (Wildman–Crippen MR) is 94.0 cm³/mol. The molecule has 4 rings (SSSR count). The van der Waals surface area contributed by atoms with Gasteiger partial charge in [-0.05, 0) is 44.4 Å². The zero-order chi connectivity index (χ0) is 17.4. The van der Waals surface area contributed by atoms with Crippen molar-refractivity contribution in [3.63, 3.8) is 0 Å². The van der Waals surface area contributed by atoms with Crippen LogP contribution >= 0.6 is 0 Å². The van der Waals surface area contributed by atoms with Crippen LogP contribution in [0.2, 0.25) is 0 Å². The highest BCUT2D eigenvalue weighted by Crippen LogP contribution is 2.38. The molecule has 0 bridgehead atoms. The molecule has 1 saturated heterocycles. The van der Waals surface area contributed by atoms with Crippen LogP contribution in [0.15, 0.2) is 18.6 Å². The van der Waals surface area contributed by atoms with Crippen molar-refractivity contribution in [2.45, 2.75) is 50.6 Å². The van der Waals surface area contributed by atoms with Crippen LogP contribution in [0.25, 0.3) is 11.0 Å². The largest absolute Gasteiger partial charge is 0.493 e. The SMILES string of the molecule is N[C@H](C(=O)N1CCCC1)C1CCC(n2cc3nccnc3c2O)CC1. The van der Waals surface area contributed by atoms with Crippen LogP contribution < -0.4 is 5.73 Å². The number of aromatic hydroxyl groups is 1. The van der Waals surface area contributed by atoms with E-state index in [0.29, 0.717) is 11.0 Å². The predicted octanol–water partition coefficient (Wildman–Crippen LogP) is 1.82. The monoisotopic (exact) mass is 343 g/mol. The Morgan fingerprint density at radius 2 is 1.84 bits per heavy atom. The molecule has 3 heterocycles. The third-order valence-electron chi connectivity index (χ3n) is 5.79.